The van der Waals surface area contributed by atoms with Crippen molar-refractivity contribution >= 4 is 36.5 Å². The summed E-state index contributed by atoms with van der Waals surface area (Å²) >= 11 is 5.33. The second-order valence-electron chi connectivity index (χ2n) is 8.15. The molecule has 0 spiro atoms. The summed E-state index contributed by atoms with van der Waals surface area (Å²) in [7, 11) is 0. The van der Waals surface area contributed by atoms with Crippen molar-refractivity contribution < 1.29 is 13.5 Å². The summed E-state index contributed by atoms with van der Waals surface area (Å²) in [4.78, 5) is 21.3. The quantitative estimate of drug-likeness (QED) is 0.443. The van der Waals surface area contributed by atoms with Crippen LogP contribution in [0.2, 0.25) is 8.45 Å². The Morgan fingerprint density at radius 3 is 2.55 bits per heavy atom. The Morgan fingerprint density at radius 1 is 1.19 bits per heavy atom. The second-order valence-corrected chi connectivity index (χ2v) is 14.9. The Hall–Kier alpha value is -2.00. The molecule has 3 aromatic rings. The molecule has 0 N–H and O–H groups in total. The number of aromatic nitrogens is 3. The average Bonchev–Trinajstić information content (AvgIpc) is 2.66. The van der Waals surface area contributed by atoms with Crippen LogP contribution in [0.15, 0.2) is 35.4 Å². The molecule has 0 fully saturated rings. The molecule has 3 heterocycles. The van der Waals surface area contributed by atoms with Crippen LogP contribution >= 0.6 is 11.6 Å². The number of hydrogen-bond donors (Lipinski definition) is 0. The van der Waals surface area contributed by atoms with Gasteiger partial charge in [-0.1, -0.05) is 0 Å². The fraction of sp³-hybridized carbons (Fsp3) is 0.318. The molecule has 3 rings (SSSR count). The van der Waals surface area contributed by atoms with Gasteiger partial charge in [0.25, 0.3) is 0 Å². The van der Waals surface area contributed by atoms with Gasteiger partial charge in [0.1, 0.15) is 5.82 Å². The van der Waals surface area contributed by atoms with Gasteiger partial charge >= 0.3 is 185 Å². The van der Waals surface area contributed by atoms with E-state index in [2.05, 4.69) is 30.7 Å². The Balaban J connectivity index is 1.97. The molecule has 0 aliphatic heterocycles. The minimum absolute atomic E-state index is 0.0813. The van der Waals surface area contributed by atoms with Crippen LogP contribution in [0.5, 0.6) is 5.75 Å². The van der Waals surface area contributed by atoms with Crippen LogP contribution in [0.3, 0.4) is 0 Å². The number of rotatable bonds is 5. The predicted molar refractivity (Wildman–Crippen MR) is 118 cm³/mol. The van der Waals surface area contributed by atoms with Crippen molar-refractivity contribution in [2.75, 3.05) is 0 Å². The summed E-state index contributed by atoms with van der Waals surface area (Å²) in [6, 6.07) is 4.14. The van der Waals surface area contributed by atoms with E-state index in [4.69, 9.17) is 16.3 Å². The van der Waals surface area contributed by atoms with Crippen molar-refractivity contribution in [2.45, 2.75) is 44.7 Å². The van der Waals surface area contributed by atoms with E-state index in [9.17, 15) is 13.6 Å². The van der Waals surface area contributed by atoms with E-state index >= 15 is 0 Å². The van der Waals surface area contributed by atoms with Crippen LogP contribution in [-0.2, 0) is 6.61 Å². The third-order valence-corrected chi connectivity index (χ3v) is 9.06. The van der Waals surface area contributed by atoms with Crippen LogP contribution in [0.1, 0.15) is 37.7 Å². The molecule has 0 aromatic carbocycles. The van der Waals surface area contributed by atoms with Crippen LogP contribution in [0.25, 0.3) is 5.69 Å². The van der Waals surface area contributed by atoms with Gasteiger partial charge in [0.2, 0.25) is 0 Å². The monoisotopic (exact) mass is 553 g/mol. The molecule has 0 unspecified atom stereocenters. The molecule has 0 atom stereocenters. The summed E-state index contributed by atoms with van der Waals surface area (Å²) in [5.41, 5.74) is 1.79. The van der Waals surface area contributed by atoms with E-state index in [0.29, 0.717) is 5.69 Å². The SMILES string of the molecule is Cc1c(-n2c(C)cc(OCc3ncc(F)cc3F)c(Cl)c2=O)ccn[c]1[Sn][C](C)(C)C. The first-order valence-corrected chi connectivity index (χ1v) is 12.8. The normalized spacial score (nSPS) is 11.6. The van der Waals surface area contributed by atoms with E-state index < -0.39 is 38.3 Å². The van der Waals surface area contributed by atoms with Gasteiger partial charge in [-0.25, -0.2) is 4.39 Å². The van der Waals surface area contributed by atoms with Gasteiger partial charge in [-0.3, -0.25) is 0 Å². The van der Waals surface area contributed by atoms with Crippen LogP contribution < -0.4 is 14.0 Å². The summed E-state index contributed by atoms with van der Waals surface area (Å²) in [6.07, 6.45) is 2.62. The first-order valence-electron chi connectivity index (χ1n) is 9.57. The topological polar surface area (TPSA) is 57.0 Å². The molecular weight excluding hydrogens is 530 g/mol. The second kappa shape index (κ2) is 9.24. The van der Waals surface area contributed by atoms with E-state index in [-0.39, 0.29) is 26.5 Å². The van der Waals surface area contributed by atoms with Gasteiger partial charge in [0.15, 0.2) is 0 Å². The molecule has 0 saturated heterocycles. The number of hydrogen-bond acceptors (Lipinski definition) is 4. The fourth-order valence-corrected chi connectivity index (χ4v) is 6.55. The molecule has 0 aliphatic rings. The number of pyridine rings is 3. The van der Waals surface area contributed by atoms with Crippen molar-refractivity contribution in [3.8, 4) is 11.4 Å². The zero-order chi connectivity index (χ0) is 22.9. The first kappa shape index (κ1) is 23.7. The molecule has 2 radical (unpaired) electrons. The molecule has 9 heteroatoms. The Morgan fingerprint density at radius 2 is 1.90 bits per heavy atom. The zero-order valence-corrected chi connectivity index (χ0v) is 21.5. The van der Waals surface area contributed by atoms with Crippen molar-refractivity contribution in [2.24, 2.45) is 0 Å². The molecule has 0 saturated carbocycles. The van der Waals surface area contributed by atoms with Crippen molar-refractivity contribution in [1.29, 1.82) is 0 Å². The van der Waals surface area contributed by atoms with Gasteiger partial charge in [0, 0.05) is 0 Å². The molecule has 162 valence electrons. The third-order valence-electron chi connectivity index (χ3n) is 4.46. The zero-order valence-electron chi connectivity index (χ0n) is 17.9. The summed E-state index contributed by atoms with van der Waals surface area (Å²) < 4.78 is 35.2. The molecule has 31 heavy (non-hydrogen) atoms. The number of ether oxygens (including phenoxy) is 1. The average molecular weight is 553 g/mol. The summed E-state index contributed by atoms with van der Waals surface area (Å²) in [5, 5.41) is -0.123. The van der Waals surface area contributed by atoms with Gasteiger partial charge in [-0.15, -0.1) is 0 Å². The van der Waals surface area contributed by atoms with Crippen molar-refractivity contribution in [1.82, 2.24) is 14.5 Å². The van der Waals surface area contributed by atoms with E-state index in [1.165, 1.54) is 4.57 Å². The maximum absolute atomic E-state index is 13.8. The standard InChI is InChI=1S/C18H13ClF2N3O2.C4H9.Sn/c1-10-7-22-4-3-15(10)24-11(2)5-16(17(19)18(24)25)26-9-14-13(21)6-12(20)8-23-14;1-4(2)3;/h3-6,8H,9H2,1-2H3;1-3H3;. The summed E-state index contributed by atoms with van der Waals surface area (Å²) in [6.45, 7) is 10.1. The summed E-state index contributed by atoms with van der Waals surface area (Å²) in [5.74, 6) is -1.49. The van der Waals surface area contributed by atoms with Gasteiger partial charge in [0.05, 0.1) is 0 Å². The number of aryl methyl sites for hydroxylation is 1. The Bertz CT molecular complexity index is 1190. The number of nitrogens with zero attached hydrogens (tertiary/aromatic N) is 3. The van der Waals surface area contributed by atoms with E-state index in [0.717, 1.165) is 27.2 Å². The Kier molecular flexibility index (Phi) is 7.05. The van der Waals surface area contributed by atoms with Crippen molar-refractivity contribution in [3.63, 3.8) is 0 Å². The van der Waals surface area contributed by atoms with Crippen molar-refractivity contribution in [3.05, 3.63) is 74.6 Å². The minimum atomic E-state index is -0.987. The van der Waals surface area contributed by atoms with Gasteiger partial charge in [-0.2, -0.15) is 0 Å². The predicted octanol–water partition coefficient (Wildman–Crippen LogP) is 4.30. The maximum atomic E-state index is 13.8. The Labute approximate surface area is 194 Å². The fourth-order valence-electron chi connectivity index (χ4n) is 3.03. The molecular formula is C22H22ClF2N3O2Sn. The molecule has 3 aromatic heterocycles. The molecule has 5 nitrogen and oxygen atoms in total. The third kappa shape index (κ3) is 5.44. The first-order chi connectivity index (χ1) is 14.5. The van der Waals surface area contributed by atoms with Gasteiger partial charge < -0.3 is 0 Å². The van der Waals surface area contributed by atoms with Crippen LogP contribution in [-0.4, -0.2) is 35.7 Å². The van der Waals surface area contributed by atoms with Crippen LogP contribution in [0.4, 0.5) is 8.78 Å². The molecule has 0 bridgehead atoms. The van der Waals surface area contributed by atoms with Gasteiger partial charge in [-0.05, 0) is 0 Å². The number of halogens is 3. The van der Waals surface area contributed by atoms with Crippen LogP contribution in [0, 0.1) is 25.5 Å². The molecule has 0 aliphatic carbocycles. The van der Waals surface area contributed by atoms with E-state index in [1.54, 1.807) is 25.3 Å². The van der Waals surface area contributed by atoms with E-state index in [1.807, 2.05) is 6.92 Å². The molecule has 0 amide bonds.